The SMILES string of the molecule is CCC(CNC(C)(C)C)N1CCOc2ccccc2C1. The Morgan fingerprint density at radius 2 is 2.05 bits per heavy atom. The molecule has 0 amide bonds. The molecule has 0 saturated carbocycles. The molecule has 0 aromatic heterocycles. The van der Waals surface area contributed by atoms with Gasteiger partial charge in [-0.15, -0.1) is 0 Å². The molecule has 0 bridgehead atoms. The zero-order chi connectivity index (χ0) is 14.6. The van der Waals surface area contributed by atoms with Crippen molar-refractivity contribution in [3.05, 3.63) is 29.8 Å². The molecule has 20 heavy (non-hydrogen) atoms. The lowest BCUT2D eigenvalue weighted by molar-refractivity contribution is 0.155. The molecule has 0 radical (unpaired) electrons. The summed E-state index contributed by atoms with van der Waals surface area (Å²) >= 11 is 0. The molecular formula is C17H28N2O. The van der Waals surface area contributed by atoms with E-state index in [1.54, 1.807) is 0 Å². The van der Waals surface area contributed by atoms with Crippen molar-refractivity contribution in [2.24, 2.45) is 0 Å². The highest BCUT2D eigenvalue weighted by molar-refractivity contribution is 5.33. The van der Waals surface area contributed by atoms with Crippen molar-refractivity contribution < 1.29 is 4.74 Å². The van der Waals surface area contributed by atoms with E-state index in [1.807, 2.05) is 6.07 Å². The molecule has 1 atom stereocenters. The van der Waals surface area contributed by atoms with E-state index in [0.717, 1.165) is 38.4 Å². The van der Waals surface area contributed by atoms with Gasteiger partial charge < -0.3 is 10.1 Å². The molecule has 0 saturated heterocycles. The normalized spacial score (nSPS) is 18.0. The molecule has 1 unspecified atom stereocenters. The largest absolute Gasteiger partial charge is 0.492 e. The zero-order valence-corrected chi connectivity index (χ0v) is 13.3. The summed E-state index contributed by atoms with van der Waals surface area (Å²) < 4.78 is 5.86. The van der Waals surface area contributed by atoms with Crippen LogP contribution in [0.1, 0.15) is 39.7 Å². The van der Waals surface area contributed by atoms with Crippen molar-refractivity contribution in [3.63, 3.8) is 0 Å². The van der Waals surface area contributed by atoms with Gasteiger partial charge in [-0.3, -0.25) is 4.90 Å². The van der Waals surface area contributed by atoms with Gasteiger partial charge in [0.2, 0.25) is 0 Å². The van der Waals surface area contributed by atoms with E-state index in [0.29, 0.717) is 6.04 Å². The highest BCUT2D eigenvalue weighted by Crippen LogP contribution is 2.24. The zero-order valence-electron chi connectivity index (χ0n) is 13.3. The standard InChI is InChI=1S/C17H28N2O/c1-5-15(12-18-17(2,3)4)19-10-11-20-16-9-7-6-8-14(16)13-19/h6-9,15,18H,5,10-13H2,1-4H3. The maximum Gasteiger partial charge on any atom is 0.123 e. The lowest BCUT2D eigenvalue weighted by atomic mass is 10.1. The summed E-state index contributed by atoms with van der Waals surface area (Å²) in [6, 6.07) is 8.96. The van der Waals surface area contributed by atoms with Gasteiger partial charge in [0.15, 0.2) is 0 Å². The van der Waals surface area contributed by atoms with Crippen LogP contribution in [0.5, 0.6) is 5.75 Å². The van der Waals surface area contributed by atoms with Crippen molar-refractivity contribution >= 4 is 0 Å². The fourth-order valence-electron chi connectivity index (χ4n) is 2.61. The average molecular weight is 276 g/mol. The summed E-state index contributed by atoms with van der Waals surface area (Å²) in [5.41, 5.74) is 1.48. The number of benzene rings is 1. The Bertz CT molecular complexity index is 425. The molecule has 1 heterocycles. The van der Waals surface area contributed by atoms with Gasteiger partial charge in [0.1, 0.15) is 12.4 Å². The summed E-state index contributed by atoms with van der Waals surface area (Å²) in [5.74, 6) is 1.05. The molecule has 0 aliphatic carbocycles. The Balaban J connectivity index is 2.03. The van der Waals surface area contributed by atoms with Gasteiger partial charge in [-0.2, -0.15) is 0 Å². The second-order valence-electron chi connectivity index (χ2n) is 6.62. The van der Waals surface area contributed by atoms with Crippen molar-refractivity contribution in [1.29, 1.82) is 0 Å². The van der Waals surface area contributed by atoms with Crippen LogP contribution in [0.15, 0.2) is 24.3 Å². The molecule has 1 aromatic carbocycles. The average Bonchev–Trinajstić information content (AvgIpc) is 2.60. The van der Waals surface area contributed by atoms with Crippen LogP contribution in [0.3, 0.4) is 0 Å². The molecule has 2 rings (SSSR count). The third-order valence-corrected chi connectivity index (χ3v) is 3.84. The molecule has 1 aliphatic heterocycles. The Hall–Kier alpha value is -1.06. The van der Waals surface area contributed by atoms with E-state index in [2.05, 4.69) is 56.1 Å². The fourth-order valence-corrected chi connectivity index (χ4v) is 2.61. The van der Waals surface area contributed by atoms with Gasteiger partial charge in [-0.25, -0.2) is 0 Å². The molecule has 1 N–H and O–H groups in total. The van der Waals surface area contributed by atoms with E-state index in [9.17, 15) is 0 Å². The number of nitrogens with one attached hydrogen (secondary N) is 1. The summed E-state index contributed by atoms with van der Waals surface area (Å²) in [6.45, 7) is 12.7. The van der Waals surface area contributed by atoms with E-state index in [1.165, 1.54) is 5.56 Å². The van der Waals surface area contributed by atoms with E-state index in [4.69, 9.17) is 4.74 Å². The number of ether oxygens (including phenoxy) is 1. The molecular weight excluding hydrogens is 248 g/mol. The third kappa shape index (κ3) is 4.22. The second kappa shape index (κ2) is 6.59. The molecule has 1 aromatic rings. The Labute approximate surface area is 123 Å². The summed E-state index contributed by atoms with van der Waals surface area (Å²) in [4.78, 5) is 2.55. The highest BCUT2D eigenvalue weighted by atomic mass is 16.5. The van der Waals surface area contributed by atoms with Crippen molar-refractivity contribution in [3.8, 4) is 5.75 Å². The first-order chi connectivity index (χ1) is 9.49. The number of hydrogen-bond donors (Lipinski definition) is 1. The van der Waals surface area contributed by atoms with Crippen LogP contribution >= 0.6 is 0 Å². The van der Waals surface area contributed by atoms with E-state index in [-0.39, 0.29) is 5.54 Å². The van der Waals surface area contributed by atoms with Crippen LogP contribution in [0.25, 0.3) is 0 Å². The maximum absolute atomic E-state index is 5.86. The smallest absolute Gasteiger partial charge is 0.123 e. The van der Waals surface area contributed by atoms with Gasteiger partial charge in [0.05, 0.1) is 0 Å². The Morgan fingerprint density at radius 3 is 2.75 bits per heavy atom. The molecule has 3 heteroatoms. The number of rotatable bonds is 4. The quantitative estimate of drug-likeness (QED) is 0.915. The summed E-state index contributed by atoms with van der Waals surface area (Å²) in [5, 5.41) is 3.63. The number of para-hydroxylation sites is 1. The van der Waals surface area contributed by atoms with Gasteiger partial charge >= 0.3 is 0 Å². The van der Waals surface area contributed by atoms with Gasteiger partial charge in [-0.05, 0) is 33.3 Å². The maximum atomic E-state index is 5.86. The van der Waals surface area contributed by atoms with Crippen LogP contribution in [-0.4, -0.2) is 36.2 Å². The predicted octanol–water partition coefficient (Wildman–Crippen LogP) is 3.05. The molecule has 3 nitrogen and oxygen atoms in total. The molecule has 0 spiro atoms. The van der Waals surface area contributed by atoms with Crippen LogP contribution in [0.2, 0.25) is 0 Å². The number of hydrogen-bond acceptors (Lipinski definition) is 3. The van der Waals surface area contributed by atoms with Gasteiger partial charge in [0.25, 0.3) is 0 Å². The van der Waals surface area contributed by atoms with Crippen molar-refractivity contribution in [2.75, 3.05) is 19.7 Å². The van der Waals surface area contributed by atoms with Gasteiger partial charge in [0, 0.05) is 36.8 Å². The monoisotopic (exact) mass is 276 g/mol. The Kier molecular flexibility index (Phi) is 5.06. The van der Waals surface area contributed by atoms with E-state index < -0.39 is 0 Å². The van der Waals surface area contributed by atoms with Crippen LogP contribution < -0.4 is 10.1 Å². The van der Waals surface area contributed by atoms with Crippen molar-refractivity contribution in [2.45, 2.75) is 52.2 Å². The summed E-state index contributed by atoms with van der Waals surface area (Å²) in [6.07, 6.45) is 1.16. The first kappa shape index (κ1) is 15.3. The first-order valence-corrected chi connectivity index (χ1v) is 7.69. The fraction of sp³-hybridized carbons (Fsp3) is 0.647. The van der Waals surface area contributed by atoms with Crippen LogP contribution in [0.4, 0.5) is 0 Å². The first-order valence-electron chi connectivity index (χ1n) is 7.69. The van der Waals surface area contributed by atoms with E-state index >= 15 is 0 Å². The van der Waals surface area contributed by atoms with Crippen molar-refractivity contribution in [1.82, 2.24) is 10.2 Å². The minimum atomic E-state index is 0.174. The Morgan fingerprint density at radius 1 is 1.30 bits per heavy atom. The topological polar surface area (TPSA) is 24.5 Å². The minimum absolute atomic E-state index is 0.174. The third-order valence-electron chi connectivity index (χ3n) is 3.84. The van der Waals surface area contributed by atoms with Gasteiger partial charge in [-0.1, -0.05) is 25.1 Å². The predicted molar refractivity (Wildman–Crippen MR) is 84.2 cm³/mol. The molecule has 1 aliphatic rings. The number of fused-ring (bicyclic) bond motifs is 1. The van der Waals surface area contributed by atoms with Crippen LogP contribution in [0, 0.1) is 0 Å². The second-order valence-corrected chi connectivity index (χ2v) is 6.62. The molecule has 112 valence electrons. The highest BCUT2D eigenvalue weighted by Gasteiger charge is 2.22. The minimum Gasteiger partial charge on any atom is -0.492 e. The van der Waals surface area contributed by atoms with Crippen LogP contribution in [-0.2, 0) is 6.54 Å². The lowest BCUT2D eigenvalue weighted by Crippen LogP contribution is -2.47. The lowest BCUT2D eigenvalue weighted by Gasteiger charge is -2.32. The summed E-state index contributed by atoms with van der Waals surface area (Å²) in [7, 11) is 0. The number of nitrogens with zero attached hydrogens (tertiary/aromatic N) is 1. The molecule has 0 fully saturated rings.